The molecule has 1 aromatic heterocycles. The number of hydrogen-bond donors (Lipinski definition) is 1. The summed E-state index contributed by atoms with van der Waals surface area (Å²) in [5, 5.41) is 19.4. The van der Waals surface area contributed by atoms with E-state index in [1.807, 2.05) is 12.1 Å². The van der Waals surface area contributed by atoms with E-state index in [4.69, 9.17) is 4.63 Å². The zero-order chi connectivity index (χ0) is 19.3. The number of aliphatic hydroxyl groups is 1. The number of benzene rings is 2. The van der Waals surface area contributed by atoms with Crippen molar-refractivity contribution < 1.29 is 9.74 Å². The van der Waals surface area contributed by atoms with Gasteiger partial charge in [0.05, 0.1) is 12.1 Å². The predicted octanol–water partition coefficient (Wildman–Crippen LogP) is 2.73. The highest BCUT2D eigenvalue weighted by molar-refractivity contribution is 5.76. The van der Waals surface area contributed by atoms with E-state index in [1.165, 1.54) is 11.1 Å². The molecule has 1 aliphatic heterocycles. The van der Waals surface area contributed by atoms with Crippen molar-refractivity contribution >= 4 is 11.0 Å². The maximum atomic E-state index is 11.4. The fraction of sp³-hybridized carbons (Fsp3) is 0.455. The first kappa shape index (κ1) is 17.8. The van der Waals surface area contributed by atoms with Crippen LogP contribution in [0.5, 0.6) is 0 Å². The SMILES string of the molecule is CN(C)[C@H]1c2ccccc2C2(CCN(Cc3cccc4nonc34)CC2)[C@@H]1O. The summed E-state index contributed by atoms with van der Waals surface area (Å²) in [6, 6.07) is 14.7. The summed E-state index contributed by atoms with van der Waals surface area (Å²) in [4.78, 5) is 4.61. The van der Waals surface area contributed by atoms with Crippen LogP contribution >= 0.6 is 0 Å². The maximum Gasteiger partial charge on any atom is 0.139 e. The number of likely N-dealkylation sites (tertiary alicyclic amines) is 1. The van der Waals surface area contributed by atoms with E-state index >= 15 is 0 Å². The van der Waals surface area contributed by atoms with Crippen LogP contribution in [-0.2, 0) is 12.0 Å². The minimum Gasteiger partial charge on any atom is -0.390 e. The van der Waals surface area contributed by atoms with Crippen LogP contribution in [0.4, 0.5) is 0 Å². The van der Waals surface area contributed by atoms with Crippen molar-refractivity contribution in [2.75, 3.05) is 27.2 Å². The number of hydrogen-bond acceptors (Lipinski definition) is 6. The summed E-state index contributed by atoms with van der Waals surface area (Å²) in [5.41, 5.74) is 5.27. The Labute approximate surface area is 164 Å². The molecule has 5 rings (SSSR count). The first-order valence-corrected chi connectivity index (χ1v) is 9.96. The van der Waals surface area contributed by atoms with Gasteiger partial charge in [0.1, 0.15) is 11.0 Å². The van der Waals surface area contributed by atoms with Gasteiger partial charge in [-0.15, -0.1) is 0 Å². The van der Waals surface area contributed by atoms with Gasteiger partial charge >= 0.3 is 0 Å². The molecule has 0 saturated carbocycles. The molecule has 3 aromatic rings. The third kappa shape index (κ3) is 2.59. The molecule has 1 aliphatic carbocycles. The average Bonchev–Trinajstić information content (AvgIpc) is 3.27. The van der Waals surface area contributed by atoms with E-state index in [-0.39, 0.29) is 17.6 Å². The second kappa shape index (κ2) is 6.65. The van der Waals surface area contributed by atoms with Crippen molar-refractivity contribution in [3.05, 3.63) is 59.2 Å². The van der Waals surface area contributed by atoms with Crippen molar-refractivity contribution in [1.29, 1.82) is 0 Å². The van der Waals surface area contributed by atoms with Crippen LogP contribution < -0.4 is 0 Å². The van der Waals surface area contributed by atoms with Gasteiger partial charge in [0.15, 0.2) is 0 Å². The molecule has 1 fully saturated rings. The highest BCUT2D eigenvalue weighted by Gasteiger charge is 2.53. The van der Waals surface area contributed by atoms with Crippen molar-refractivity contribution in [2.45, 2.75) is 36.9 Å². The Bertz CT molecular complexity index is 991. The Kier molecular flexibility index (Phi) is 4.23. The molecule has 0 radical (unpaired) electrons. The van der Waals surface area contributed by atoms with E-state index in [2.05, 4.69) is 64.5 Å². The molecule has 146 valence electrons. The van der Waals surface area contributed by atoms with E-state index in [0.717, 1.165) is 49.1 Å². The molecule has 1 N–H and O–H groups in total. The molecule has 6 nitrogen and oxygen atoms in total. The van der Waals surface area contributed by atoms with E-state index < -0.39 is 0 Å². The molecule has 2 aliphatic rings. The Morgan fingerprint density at radius 1 is 1.11 bits per heavy atom. The molecule has 1 spiro atoms. The third-order valence-electron chi connectivity index (χ3n) is 6.75. The van der Waals surface area contributed by atoms with Gasteiger partial charge in [0, 0.05) is 12.0 Å². The summed E-state index contributed by atoms with van der Waals surface area (Å²) in [6.07, 6.45) is 1.55. The zero-order valence-electron chi connectivity index (χ0n) is 16.4. The van der Waals surface area contributed by atoms with Gasteiger partial charge in [0.2, 0.25) is 0 Å². The lowest BCUT2D eigenvalue weighted by Crippen LogP contribution is -2.49. The lowest BCUT2D eigenvalue weighted by Gasteiger charge is -2.43. The second-order valence-electron chi connectivity index (χ2n) is 8.42. The molecule has 28 heavy (non-hydrogen) atoms. The summed E-state index contributed by atoms with van der Waals surface area (Å²) in [6.45, 7) is 2.73. The van der Waals surface area contributed by atoms with Gasteiger partial charge in [0.25, 0.3) is 0 Å². The smallest absolute Gasteiger partial charge is 0.139 e. The number of aliphatic hydroxyl groups excluding tert-OH is 1. The number of fused-ring (bicyclic) bond motifs is 3. The Morgan fingerprint density at radius 3 is 2.68 bits per heavy atom. The quantitative estimate of drug-likeness (QED) is 0.756. The van der Waals surface area contributed by atoms with Gasteiger partial charge in [-0.3, -0.25) is 4.90 Å². The minimum atomic E-state index is -0.370. The van der Waals surface area contributed by atoms with Crippen molar-refractivity contribution in [3.63, 3.8) is 0 Å². The molecule has 6 heteroatoms. The first-order chi connectivity index (χ1) is 13.6. The molecular formula is C22H26N4O2. The number of rotatable bonds is 3. The number of likely N-dealkylation sites (N-methyl/N-ethyl adjacent to an activating group) is 1. The highest BCUT2D eigenvalue weighted by atomic mass is 16.6. The van der Waals surface area contributed by atoms with Gasteiger partial charge in [-0.25, -0.2) is 4.63 Å². The normalized spacial score (nSPS) is 24.3. The van der Waals surface area contributed by atoms with Crippen LogP contribution in [-0.4, -0.2) is 58.5 Å². The topological polar surface area (TPSA) is 65.6 Å². The lowest BCUT2D eigenvalue weighted by molar-refractivity contribution is -0.00388. The standard InChI is InChI=1S/C22H26N4O2/c1-25(2)20-16-7-3-4-8-17(16)22(21(20)27)10-12-26(13-11-22)14-15-6-5-9-18-19(15)24-28-23-18/h3-9,20-21,27H,10-14H2,1-2H3/t20-,21+/m0/s1. The summed E-state index contributed by atoms with van der Waals surface area (Å²) < 4.78 is 4.90. The van der Waals surface area contributed by atoms with E-state index in [9.17, 15) is 5.11 Å². The highest BCUT2D eigenvalue weighted by Crippen LogP contribution is 2.52. The predicted molar refractivity (Wildman–Crippen MR) is 107 cm³/mol. The zero-order valence-corrected chi connectivity index (χ0v) is 16.4. The van der Waals surface area contributed by atoms with Gasteiger partial charge in [-0.2, -0.15) is 0 Å². The molecule has 2 aromatic carbocycles. The second-order valence-corrected chi connectivity index (χ2v) is 8.42. The van der Waals surface area contributed by atoms with Crippen LogP contribution in [0.1, 0.15) is 35.6 Å². The van der Waals surface area contributed by atoms with Crippen molar-refractivity contribution in [3.8, 4) is 0 Å². The minimum absolute atomic E-state index is 0.0673. The summed E-state index contributed by atoms with van der Waals surface area (Å²) in [5.74, 6) is 0. The largest absolute Gasteiger partial charge is 0.390 e. The fourth-order valence-corrected chi connectivity index (χ4v) is 5.31. The van der Waals surface area contributed by atoms with Crippen LogP contribution in [0, 0.1) is 0 Å². The molecular weight excluding hydrogens is 352 g/mol. The van der Waals surface area contributed by atoms with Crippen molar-refractivity contribution in [2.24, 2.45) is 0 Å². The van der Waals surface area contributed by atoms with Crippen molar-refractivity contribution in [1.82, 2.24) is 20.1 Å². The van der Waals surface area contributed by atoms with Gasteiger partial charge in [-0.05, 0) is 73.1 Å². The van der Waals surface area contributed by atoms with Gasteiger partial charge < -0.3 is 10.0 Å². The third-order valence-corrected chi connectivity index (χ3v) is 6.75. The number of piperidine rings is 1. The molecule has 2 atom stereocenters. The molecule has 0 amide bonds. The first-order valence-electron chi connectivity index (χ1n) is 9.96. The van der Waals surface area contributed by atoms with Crippen LogP contribution in [0.25, 0.3) is 11.0 Å². The number of nitrogens with zero attached hydrogens (tertiary/aromatic N) is 4. The van der Waals surface area contributed by atoms with E-state index in [0.29, 0.717) is 0 Å². The molecule has 2 heterocycles. The molecule has 0 bridgehead atoms. The Balaban J connectivity index is 1.39. The van der Waals surface area contributed by atoms with Crippen LogP contribution in [0.2, 0.25) is 0 Å². The average molecular weight is 378 g/mol. The fourth-order valence-electron chi connectivity index (χ4n) is 5.31. The molecule has 0 unspecified atom stereocenters. The van der Waals surface area contributed by atoms with Crippen LogP contribution in [0.3, 0.4) is 0 Å². The monoisotopic (exact) mass is 378 g/mol. The Hall–Kier alpha value is -2.28. The number of aromatic nitrogens is 2. The molecule has 1 saturated heterocycles. The Morgan fingerprint density at radius 2 is 1.89 bits per heavy atom. The maximum absolute atomic E-state index is 11.4. The summed E-state index contributed by atoms with van der Waals surface area (Å²) in [7, 11) is 4.12. The van der Waals surface area contributed by atoms with Crippen LogP contribution in [0.15, 0.2) is 47.1 Å². The lowest BCUT2D eigenvalue weighted by atomic mass is 9.72. The summed E-state index contributed by atoms with van der Waals surface area (Å²) >= 11 is 0. The van der Waals surface area contributed by atoms with Gasteiger partial charge in [-0.1, -0.05) is 36.4 Å². The van der Waals surface area contributed by atoms with E-state index in [1.54, 1.807) is 0 Å².